The molecule has 0 bridgehead atoms. The summed E-state index contributed by atoms with van der Waals surface area (Å²) in [7, 11) is 8.44. The van der Waals surface area contributed by atoms with Crippen LogP contribution in [0, 0.1) is 11.8 Å². The fourth-order valence-corrected chi connectivity index (χ4v) is 13.0. The minimum atomic E-state index is 0.0274. The molecule has 0 spiro atoms. The Morgan fingerprint density at radius 2 is 1.08 bits per heavy atom. The van der Waals surface area contributed by atoms with Crippen molar-refractivity contribution in [3.8, 4) is 66.4 Å². The first-order chi connectivity index (χ1) is 35.0. The van der Waals surface area contributed by atoms with E-state index in [1.807, 2.05) is 41.1 Å². The number of rotatable bonds is 12. The van der Waals surface area contributed by atoms with Crippen LogP contribution in [-0.4, -0.2) is 115 Å². The molecule has 0 N–H and O–H groups in total. The van der Waals surface area contributed by atoms with Crippen molar-refractivity contribution in [3.05, 3.63) is 93.9 Å². The van der Waals surface area contributed by atoms with E-state index in [2.05, 4.69) is 56.3 Å². The van der Waals surface area contributed by atoms with E-state index in [1.165, 1.54) is 17.5 Å². The number of methoxy groups -OCH3 is 4. The number of likely N-dealkylation sites (tertiary alicyclic amines) is 2. The van der Waals surface area contributed by atoms with Gasteiger partial charge in [0.1, 0.15) is 17.2 Å². The van der Waals surface area contributed by atoms with Crippen LogP contribution >= 0.6 is 22.7 Å². The number of nitrogens with zero attached hydrogens (tertiary/aromatic N) is 5. The molecule has 1 aliphatic carbocycles. The van der Waals surface area contributed by atoms with Crippen LogP contribution in [0.5, 0.6) is 23.0 Å². The number of ketones is 1. The van der Waals surface area contributed by atoms with Crippen molar-refractivity contribution in [2.24, 2.45) is 11.8 Å². The highest BCUT2D eigenvalue weighted by Crippen LogP contribution is 2.47. The quantitative estimate of drug-likeness (QED) is 0.119. The summed E-state index contributed by atoms with van der Waals surface area (Å²) in [5.41, 5.74) is 10.3. The summed E-state index contributed by atoms with van der Waals surface area (Å²) in [5.74, 6) is 3.90. The molecule has 15 heteroatoms. The molecule has 2 aromatic carbocycles. The number of ether oxygens (including phenoxy) is 4. The third-order valence-electron chi connectivity index (χ3n) is 15.7. The lowest BCUT2D eigenvalue weighted by Gasteiger charge is -2.37. The summed E-state index contributed by atoms with van der Waals surface area (Å²) in [5, 5.41) is 4.14. The van der Waals surface area contributed by atoms with Gasteiger partial charge in [-0.1, -0.05) is 18.6 Å². The molecule has 11 rings (SSSR count). The minimum absolute atomic E-state index is 0.0274. The number of Topliss-reactive ketones (excluding diaryl/α,β-unsaturated/α-hetero) is 1. The molecule has 3 fully saturated rings. The summed E-state index contributed by atoms with van der Waals surface area (Å²) in [6.45, 7) is 5.73. The number of thiophene rings is 2. The van der Waals surface area contributed by atoms with Crippen LogP contribution in [0.2, 0.25) is 0 Å². The molecule has 8 heterocycles. The van der Waals surface area contributed by atoms with Crippen LogP contribution in [0.1, 0.15) is 90.4 Å². The zero-order chi connectivity index (χ0) is 50.2. The third-order valence-corrected chi connectivity index (χ3v) is 17.5. The minimum Gasteiger partial charge on any atom is -0.493 e. The Balaban J connectivity index is 0.000000166. The van der Waals surface area contributed by atoms with Gasteiger partial charge in [0.15, 0.2) is 23.0 Å². The van der Waals surface area contributed by atoms with E-state index in [4.69, 9.17) is 18.9 Å². The molecule has 0 unspecified atom stereocenters. The van der Waals surface area contributed by atoms with Crippen LogP contribution in [0.25, 0.3) is 43.4 Å². The molecule has 1 saturated carbocycles. The van der Waals surface area contributed by atoms with Crippen LogP contribution in [0.3, 0.4) is 0 Å². The topological polar surface area (TPSA) is 125 Å². The van der Waals surface area contributed by atoms with Crippen LogP contribution < -0.4 is 18.9 Å². The van der Waals surface area contributed by atoms with E-state index >= 15 is 0 Å². The number of likely N-dealkylation sites (N-methyl/N-ethyl adjacent to an activating group) is 1. The number of hydrogen-bond donors (Lipinski definition) is 0. The number of hydrogen-bond acceptors (Lipinski definition) is 10. The number of carbonyl (C=O) groups is 4. The molecule has 0 radical (unpaired) electrons. The highest BCUT2D eigenvalue weighted by Gasteiger charge is 2.36. The lowest BCUT2D eigenvalue weighted by Crippen LogP contribution is -2.50. The molecule has 13 nitrogen and oxygen atoms in total. The van der Waals surface area contributed by atoms with E-state index in [0.717, 1.165) is 126 Å². The Bertz CT molecular complexity index is 2990. The molecule has 72 heavy (non-hydrogen) atoms. The van der Waals surface area contributed by atoms with Gasteiger partial charge >= 0.3 is 0 Å². The van der Waals surface area contributed by atoms with E-state index in [-0.39, 0.29) is 35.6 Å². The molecule has 2 saturated heterocycles. The first-order valence-corrected chi connectivity index (χ1v) is 27.2. The van der Waals surface area contributed by atoms with Gasteiger partial charge < -0.3 is 42.8 Å². The maximum atomic E-state index is 14.0. The third kappa shape index (κ3) is 9.34. The van der Waals surface area contributed by atoms with Crippen LogP contribution in [0.4, 0.5) is 0 Å². The fraction of sp³-hybridized carbons (Fsp3) is 0.439. The molecule has 6 aromatic rings. The van der Waals surface area contributed by atoms with Crippen molar-refractivity contribution < 1.29 is 38.1 Å². The smallest absolute Gasteiger partial charge is 0.270 e. The van der Waals surface area contributed by atoms with Gasteiger partial charge in [-0.15, -0.1) is 22.7 Å². The fourth-order valence-electron chi connectivity index (χ4n) is 11.5. The average molecular weight is 1010 g/mol. The zero-order valence-electron chi connectivity index (χ0n) is 42.3. The van der Waals surface area contributed by atoms with Gasteiger partial charge in [0.05, 0.1) is 39.8 Å². The molecule has 2 atom stereocenters. The molecule has 4 aliphatic heterocycles. The lowest BCUT2D eigenvalue weighted by atomic mass is 9.78. The molecule has 5 aliphatic rings. The van der Waals surface area contributed by atoms with Gasteiger partial charge in [0.2, 0.25) is 5.91 Å². The Hall–Kier alpha value is -6.32. The van der Waals surface area contributed by atoms with Gasteiger partial charge in [0.25, 0.3) is 11.8 Å². The maximum absolute atomic E-state index is 14.0. The summed E-state index contributed by atoms with van der Waals surface area (Å²) in [6.07, 6.45) is 9.32. The Morgan fingerprint density at radius 3 is 1.53 bits per heavy atom. The first kappa shape index (κ1) is 49.3. The van der Waals surface area contributed by atoms with Crippen molar-refractivity contribution in [2.45, 2.75) is 90.3 Å². The van der Waals surface area contributed by atoms with Gasteiger partial charge in [0, 0.05) is 104 Å². The first-order valence-electron chi connectivity index (χ1n) is 25.4. The number of aromatic nitrogens is 2. The largest absolute Gasteiger partial charge is 0.493 e. The summed E-state index contributed by atoms with van der Waals surface area (Å²) in [6, 6.07) is 20.7. The van der Waals surface area contributed by atoms with Gasteiger partial charge in [-0.2, -0.15) is 0 Å². The lowest BCUT2D eigenvalue weighted by molar-refractivity contribution is -0.130. The second kappa shape index (κ2) is 21.0. The Labute approximate surface area is 430 Å². The standard InChI is InChI=1S/C30H34N2O4S.C27H31N3O4S/c1-35-26-15-21-10-12-32-24(16-23(28-9-5-13-37-28)29(32)22(21)17-27(26)36-2)30(34)31-11-4-6-19(18-31)14-25(33)20-7-3-8-20;1-17(31)28(2)19-7-5-10-29(16-19)27(32)22-14-21(25-8-6-12-35-25)26-20-15-24(34-4)23(33-3)13-18(20)9-11-30(22)26/h5,9,13,15-17,19-20H,3-4,6-8,10-12,14,18H2,1-2H3;6,8,12-15,19H,5,7,9-11,16H2,1-4H3/t2*19-/m11/s1. The Morgan fingerprint density at radius 1 is 0.597 bits per heavy atom. The van der Waals surface area contributed by atoms with Crippen molar-refractivity contribution in [1.29, 1.82) is 0 Å². The molecule has 378 valence electrons. The van der Waals surface area contributed by atoms with Crippen molar-refractivity contribution in [1.82, 2.24) is 23.8 Å². The summed E-state index contributed by atoms with van der Waals surface area (Å²) >= 11 is 3.36. The van der Waals surface area contributed by atoms with Crippen molar-refractivity contribution in [3.63, 3.8) is 0 Å². The maximum Gasteiger partial charge on any atom is 0.270 e. The highest BCUT2D eigenvalue weighted by molar-refractivity contribution is 7.13. The second-order valence-electron chi connectivity index (χ2n) is 19.8. The molecular weight excluding hydrogens is 947 g/mol. The van der Waals surface area contributed by atoms with E-state index in [9.17, 15) is 19.2 Å². The molecular formula is C57H65N5O8S2. The molecule has 3 amide bonds. The number of amides is 3. The predicted molar refractivity (Wildman–Crippen MR) is 283 cm³/mol. The highest BCUT2D eigenvalue weighted by atomic mass is 32.1. The van der Waals surface area contributed by atoms with E-state index in [0.29, 0.717) is 54.8 Å². The number of carbonyl (C=O) groups excluding carboxylic acids is 4. The number of aryl methyl sites for hydroxylation is 2. The van der Waals surface area contributed by atoms with Crippen LogP contribution in [0.15, 0.2) is 71.4 Å². The van der Waals surface area contributed by atoms with Gasteiger partial charge in [-0.05, 0) is 128 Å². The zero-order valence-corrected chi connectivity index (χ0v) is 43.9. The van der Waals surface area contributed by atoms with E-state index in [1.54, 1.807) is 62.9 Å². The number of benzene rings is 2. The van der Waals surface area contributed by atoms with E-state index < -0.39 is 0 Å². The van der Waals surface area contributed by atoms with Crippen LogP contribution in [-0.2, 0) is 35.5 Å². The number of piperidine rings is 2. The summed E-state index contributed by atoms with van der Waals surface area (Å²) < 4.78 is 26.7. The van der Waals surface area contributed by atoms with Gasteiger partial charge in [-0.3, -0.25) is 19.2 Å². The SMILES string of the molecule is COc1cc2c(cc1OC)-c1c(-c3cccs3)cc(C(=O)N3CCC[C@@H](N(C)C(C)=O)C3)n1CC2.COc1cc2c(cc1OC)-c1c(-c3cccs3)cc(C(=O)N3CCC[C@H](CC(=O)C4CCC4)C3)n1CC2. The Kier molecular flexibility index (Phi) is 14.4. The van der Waals surface area contributed by atoms with Gasteiger partial charge in [-0.25, -0.2) is 0 Å². The second-order valence-corrected chi connectivity index (χ2v) is 21.7. The molecule has 4 aromatic heterocycles. The van der Waals surface area contributed by atoms with Crippen molar-refractivity contribution in [2.75, 3.05) is 61.7 Å². The average Bonchev–Trinajstić information content (AvgIpc) is 4.24. The predicted octanol–water partition coefficient (Wildman–Crippen LogP) is 10.6. The van der Waals surface area contributed by atoms with Crippen molar-refractivity contribution >= 4 is 46.2 Å². The number of fused-ring (bicyclic) bond motifs is 6. The summed E-state index contributed by atoms with van der Waals surface area (Å²) in [4.78, 5) is 60.4. The normalized spacial score (nSPS) is 18.0. The monoisotopic (exact) mass is 1010 g/mol.